The molecule has 1 saturated heterocycles. The Morgan fingerprint density at radius 3 is 2.55 bits per heavy atom. The number of carbonyl (C=O) groups is 1. The lowest BCUT2D eigenvalue weighted by Crippen LogP contribution is -2.37. The van der Waals surface area contributed by atoms with Gasteiger partial charge in [0.1, 0.15) is 11.5 Å². The van der Waals surface area contributed by atoms with E-state index >= 15 is 0 Å². The number of aromatic nitrogens is 1. The first-order chi connectivity index (χ1) is 18.6. The van der Waals surface area contributed by atoms with E-state index in [4.69, 9.17) is 18.9 Å². The zero-order chi connectivity index (χ0) is 26.3. The molecule has 0 bridgehead atoms. The summed E-state index contributed by atoms with van der Waals surface area (Å²) in [7, 11) is 1.62. The van der Waals surface area contributed by atoms with Crippen LogP contribution in [0.2, 0.25) is 0 Å². The predicted octanol–water partition coefficient (Wildman–Crippen LogP) is 5.68. The summed E-state index contributed by atoms with van der Waals surface area (Å²) in [5.74, 6) is 2.22. The van der Waals surface area contributed by atoms with Crippen molar-refractivity contribution in [1.29, 1.82) is 0 Å². The number of ketones is 1. The second-order valence-corrected chi connectivity index (χ2v) is 9.28. The molecule has 1 fully saturated rings. The van der Waals surface area contributed by atoms with Crippen LogP contribution < -0.4 is 14.2 Å². The van der Waals surface area contributed by atoms with Gasteiger partial charge in [0.05, 0.1) is 38.0 Å². The van der Waals surface area contributed by atoms with Crippen molar-refractivity contribution in [3.63, 3.8) is 0 Å². The molecule has 0 amide bonds. The van der Waals surface area contributed by atoms with Crippen molar-refractivity contribution < 1.29 is 23.7 Å². The van der Waals surface area contributed by atoms with Gasteiger partial charge in [-0.2, -0.15) is 0 Å². The highest BCUT2D eigenvalue weighted by molar-refractivity contribution is 6.11. The SMILES string of the molecule is COc1cc2c(Oc3ccc(C)cc3C(=O)c3ccccc3)ccnc2cc1OCCCN1CCOCC1. The molecule has 196 valence electrons. The number of nitrogens with zero attached hydrogens (tertiary/aromatic N) is 2. The Morgan fingerprint density at radius 2 is 1.76 bits per heavy atom. The Morgan fingerprint density at radius 1 is 0.947 bits per heavy atom. The smallest absolute Gasteiger partial charge is 0.196 e. The summed E-state index contributed by atoms with van der Waals surface area (Å²) >= 11 is 0. The number of hydrogen-bond acceptors (Lipinski definition) is 7. The van der Waals surface area contributed by atoms with Crippen LogP contribution in [-0.4, -0.2) is 62.2 Å². The van der Waals surface area contributed by atoms with Crippen molar-refractivity contribution in [1.82, 2.24) is 9.88 Å². The fourth-order valence-electron chi connectivity index (χ4n) is 4.56. The van der Waals surface area contributed by atoms with Crippen LogP contribution in [0.4, 0.5) is 0 Å². The summed E-state index contributed by atoms with van der Waals surface area (Å²) in [6.07, 6.45) is 2.60. The lowest BCUT2D eigenvalue weighted by molar-refractivity contribution is 0.0357. The molecule has 5 rings (SSSR count). The van der Waals surface area contributed by atoms with Gasteiger partial charge in [-0.1, -0.05) is 42.0 Å². The van der Waals surface area contributed by atoms with Gasteiger partial charge in [0.15, 0.2) is 17.3 Å². The second kappa shape index (κ2) is 12.1. The van der Waals surface area contributed by atoms with Gasteiger partial charge in [0.25, 0.3) is 0 Å². The summed E-state index contributed by atoms with van der Waals surface area (Å²) in [6, 6.07) is 20.4. The van der Waals surface area contributed by atoms with Crippen molar-refractivity contribution in [3.8, 4) is 23.0 Å². The quantitative estimate of drug-likeness (QED) is 0.200. The van der Waals surface area contributed by atoms with Crippen molar-refractivity contribution in [3.05, 3.63) is 89.6 Å². The summed E-state index contributed by atoms with van der Waals surface area (Å²) in [6.45, 7) is 7.01. The standard InChI is InChI=1S/C31H32N2O5/c1-22-9-10-27(25(19-22)31(34)23-7-4-3-5-8-23)38-28-11-12-32-26-21-30(29(35-2)20-24(26)28)37-16-6-13-33-14-17-36-18-15-33/h3-5,7-12,19-21H,6,13-18H2,1-2H3. The highest BCUT2D eigenvalue weighted by atomic mass is 16.5. The van der Waals surface area contributed by atoms with E-state index in [-0.39, 0.29) is 5.78 Å². The number of ether oxygens (including phenoxy) is 4. The van der Waals surface area contributed by atoms with E-state index in [1.165, 1.54) is 0 Å². The molecule has 7 heteroatoms. The fourth-order valence-corrected chi connectivity index (χ4v) is 4.56. The topological polar surface area (TPSA) is 70.1 Å². The third-order valence-electron chi connectivity index (χ3n) is 6.60. The Kier molecular flexibility index (Phi) is 8.16. The third-order valence-corrected chi connectivity index (χ3v) is 6.60. The summed E-state index contributed by atoms with van der Waals surface area (Å²) < 4.78 is 23.5. The van der Waals surface area contributed by atoms with Gasteiger partial charge in [0, 0.05) is 42.8 Å². The number of pyridine rings is 1. The number of rotatable bonds is 10. The van der Waals surface area contributed by atoms with Crippen molar-refractivity contribution in [2.24, 2.45) is 0 Å². The maximum Gasteiger partial charge on any atom is 0.196 e. The summed E-state index contributed by atoms with van der Waals surface area (Å²) in [5.41, 5.74) is 2.82. The molecule has 2 heterocycles. The van der Waals surface area contributed by atoms with E-state index in [9.17, 15) is 4.79 Å². The van der Waals surface area contributed by atoms with E-state index in [0.29, 0.717) is 40.7 Å². The molecule has 1 aliphatic rings. The molecule has 0 saturated carbocycles. The van der Waals surface area contributed by atoms with Crippen LogP contribution in [-0.2, 0) is 4.74 Å². The molecule has 3 aromatic carbocycles. The first-order valence-electron chi connectivity index (χ1n) is 12.9. The zero-order valence-corrected chi connectivity index (χ0v) is 21.8. The fraction of sp³-hybridized carbons (Fsp3) is 0.290. The number of morpholine rings is 1. The van der Waals surface area contributed by atoms with Gasteiger partial charge < -0.3 is 18.9 Å². The molecular weight excluding hydrogens is 480 g/mol. The summed E-state index contributed by atoms with van der Waals surface area (Å²) in [4.78, 5) is 20.2. The minimum atomic E-state index is -0.0898. The van der Waals surface area contributed by atoms with Crippen LogP contribution in [0.1, 0.15) is 27.9 Å². The zero-order valence-electron chi connectivity index (χ0n) is 21.8. The van der Waals surface area contributed by atoms with E-state index in [2.05, 4.69) is 9.88 Å². The minimum absolute atomic E-state index is 0.0898. The molecule has 1 aromatic heterocycles. The van der Waals surface area contributed by atoms with E-state index < -0.39 is 0 Å². The van der Waals surface area contributed by atoms with Crippen molar-refractivity contribution in [2.75, 3.05) is 46.6 Å². The highest BCUT2D eigenvalue weighted by Crippen LogP contribution is 2.38. The van der Waals surface area contributed by atoms with Crippen LogP contribution >= 0.6 is 0 Å². The van der Waals surface area contributed by atoms with Gasteiger partial charge in [0.2, 0.25) is 0 Å². The molecule has 4 aromatic rings. The maximum absolute atomic E-state index is 13.3. The number of methoxy groups -OCH3 is 1. The van der Waals surface area contributed by atoms with E-state index in [1.807, 2.05) is 67.6 Å². The molecule has 0 unspecified atom stereocenters. The lowest BCUT2D eigenvalue weighted by Gasteiger charge is -2.26. The predicted molar refractivity (Wildman–Crippen MR) is 147 cm³/mol. The third kappa shape index (κ3) is 5.96. The van der Waals surface area contributed by atoms with Crippen LogP contribution in [0.3, 0.4) is 0 Å². The van der Waals surface area contributed by atoms with Gasteiger partial charge >= 0.3 is 0 Å². The molecule has 0 atom stereocenters. The average Bonchev–Trinajstić information content (AvgIpc) is 2.96. The molecule has 0 N–H and O–H groups in total. The molecular formula is C31H32N2O5. The molecule has 38 heavy (non-hydrogen) atoms. The lowest BCUT2D eigenvalue weighted by atomic mass is 10.0. The van der Waals surface area contributed by atoms with Crippen molar-refractivity contribution >= 4 is 16.7 Å². The second-order valence-electron chi connectivity index (χ2n) is 9.28. The Balaban J connectivity index is 1.37. The van der Waals surface area contributed by atoms with Crippen LogP contribution in [0, 0.1) is 6.92 Å². The first-order valence-corrected chi connectivity index (χ1v) is 12.9. The normalized spacial score (nSPS) is 13.8. The molecule has 7 nitrogen and oxygen atoms in total. The largest absolute Gasteiger partial charge is 0.493 e. The number of aryl methyl sites for hydroxylation is 1. The highest BCUT2D eigenvalue weighted by Gasteiger charge is 2.18. The molecule has 0 radical (unpaired) electrons. The van der Waals surface area contributed by atoms with Crippen LogP contribution in [0.25, 0.3) is 10.9 Å². The number of carbonyl (C=O) groups excluding carboxylic acids is 1. The van der Waals surface area contributed by atoms with Gasteiger partial charge in [-0.3, -0.25) is 14.7 Å². The Bertz CT molecular complexity index is 1400. The first kappa shape index (κ1) is 25.7. The average molecular weight is 513 g/mol. The maximum atomic E-state index is 13.3. The minimum Gasteiger partial charge on any atom is -0.493 e. The Labute approximate surface area is 222 Å². The van der Waals surface area contributed by atoms with Crippen LogP contribution in [0.5, 0.6) is 23.0 Å². The summed E-state index contributed by atoms with van der Waals surface area (Å²) in [5, 5.41) is 0.767. The molecule has 0 spiro atoms. The molecule has 1 aliphatic heterocycles. The number of hydrogen-bond donors (Lipinski definition) is 0. The number of fused-ring (bicyclic) bond motifs is 1. The van der Waals surface area contributed by atoms with Gasteiger partial charge in [-0.15, -0.1) is 0 Å². The molecule has 0 aliphatic carbocycles. The van der Waals surface area contributed by atoms with Crippen molar-refractivity contribution in [2.45, 2.75) is 13.3 Å². The Hall–Kier alpha value is -3.94. The van der Waals surface area contributed by atoms with Gasteiger partial charge in [-0.25, -0.2) is 0 Å². The van der Waals surface area contributed by atoms with E-state index in [0.717, 1.165) is 55.7 Å². The van der Waals surface area contributed by atoms with Crippen LogP contribution in [0.15, 0.2) is 72.9 Å². The number of benzene rings is 3. The van der Waals surface area contributed by atoms with Gasteiger partial charge in [-0.05, 0) is 37.6 Å². The van der Waals surface area contributed by atoms with E-state index in [1.54, 1.807) is 19.4 Å². The monoisotopic (exact) mass is 512 g/mol.